The molecule has 0 aliphatic rings. The number of nitrogens with zero attached hydrogens (tertiary/aromatic N) is 1. The van der Waals surface area contributed by atoms with Crippen LogP contribution in [0.5, 0.6) is 5.75 Å². The van der Waals surface area contributed by atoms with Gasteiger partial charge in [0.1, 0.15) is 5.75 Å². The summed E-state index contributed by atoms with van der Waals surface area (Å²) in [6, 6.07) is 7.04. The number of carbonyl (C=O) groups is 1. The van der Waals surface area contributed by atoms with Gasteiger partial charge in [-0.15, -0.1) is 0 Å². The first kappa shape index (κ1) is 17.2. The molecule has 0 radical (unpaired) electrons. The number of hydrogen-bond acceptors (Lipinski definition) is 3. The highest BCUT2D eigenvalue weighted by molar-refractivity contribution is 5.93. The van der Waals surface area contributed by atoms with Crippen molar-refractivity contribution >= 4 is 5.91 Å². The third-order valence-corrected chi connectivity index (χ3v) is 3.95. The maximum Gasteiger partial charge on any atom is 0.249 e. The van der Waals surface area contributed by atoms with Crippen LogP contribution in [0, 0.1) is 0 Å². The average molecular weight is 291 g/mol. The van der Waals surface area contributed by atoms with Crippen LogP contribution in [0.2, 0.25) is 0 Å². The van der Waals surface area contributed by atoms with Crippen LogP contribution >= 0.6 is 0 Å². The van der Waals surface area contributed by atoms with Crippen molar-refractivity contribution in [3.63, 3.8) is 0 Å². The summed E-state index contributed by atoms with van der Waals surface area (Å²) in [5.74, 6) is 0.701. The molecular weight excluding hydrogens is 266 g/mol. The van der Waals surface area contributed by atoms with E-state index in [2.05, 4.69) is 0 Å². The van der Waals surface area contributed by atoms with Crippen LogP contribution < -0.4 is 4.74 Å². The molecule has 1 aromatic carbocycles. The molecule has 1 N–H and O–H groups in total. The lowest BCUT2D eigenvalue weighted by molar-refractivity contribution is -0.128. The third-order valence-electron chi connectivity index (χ3n) is 3.95. The molecule has 1 aromatic rings. The van der Waals surface area contributed by atoms with Crippen LogP contribution in [0.25, 0.3) is 0 Å². The number of allylic oxidation sites excluding steroid dienone is 1. The molecule has 0 bridgehead atoms. The Morgan fingerprint density at radius 3 is 2.29 bits per heavy atom. The fourth-order valence-electron chi connectivity index (χ4n) is 2.13. The van der Waals surface area contributed by atoms with E-state index in [1.165, 1.54) is 0 Å². The second kappa shape index (κ2) is 7.84. The second-order valence-corrected chi connectivity index (χ2v) is 5.15. The van der Waals surface area contributed by atoms with Gasteiger partial charge in [-0.05, 0) is 38.0 Å². The van der Waals surface area contributed by atoms with Crippen molar-refractivity contribution in [1.82, 2.24) is 4.90 Å². The predicted molar refractivity (Wildman–Crippen MR) is 84.3 cm³/mol. The maximum absolute atomic E-state index is 12.5. The van der Waals surface area contributed by atoms with E-state index in [4.69, 9.17) is 4.74 Å². The summed E-state index contributed by atoms with van der Waals surface area (Å²) in [5, 5.41) is 9.66. The summed E-state index contributed by atoms with van der Waals surface area (Å²) < 4.78 is 5.12. The molecule has 0 heterocycles. The highest BCUT2D eigenvalue weighted by Gasteiger charge is 2.22. The van der Waals surface area contributed by atoms with Crippen LogP contribution in [-0.4, -0.2) is 36.7 Å². The number of aliphatic hydroxyl groups excluding tert-OH is 1. The summed E-state index contributed by atoms with van der Waals surface area (Å²) >= 11 is 0. The molecule has 116 valence electrons. The van der Waals surface area contributed by atoms with Crippen molar-refractivity contribution in [3.8, 4) is 5.75 Å². The van der Waals surface area contributed by atoms with E-state index in [1.54, 1.807) is 19.1 Å². The Morgan fingerprint density at radius 1 is 1.29 bits per heavy atom. The fraction of sp³-hybridized carbons (Fsp3) is 0.471. The summed E-state index contributed by atoms with van der Waals surface area (Å²) in [5.41, 5.74) is 2.70. The van der Waals surface area contributed by atoms with E-state index in [0.717, 1.165) is 28.9 Å². The monoisotopic (exact) mass is 291 g/mol. The molecule has 21 heavy (non-hydrogen) atoms. The molecule has 4 nitrogen and oxygen atoms in total. The summed E-state index contributed by atoms with van der Waals surface area (Å²) in [7, 11) is 3.33. The van der Waals surface area contributed by atoms with E-state index < -0.39 is 0 Å². The minimum absolute atomic E-state index is 0.0516. The summed E-state index contributed by atoms with van der Waals surface area (Å²) in [6.45, 7) is 5.70. The Labute approximate surface area is 127 Å². The first-order valence-electron chi connectivity index (χ1n) is 7.14. The van der Waals surface area contributed by atoms with E-state index in [0.29, 0.717) is 0 Å². The first-order valence-corrected chi connectivity index (χ1v) is 7.14. The SMILES string of the molecule is CC/C(C)=C(/C)C(=O)N(C)C(CO)c1ccc(OC)cc1. The van der Waals surface area contributed by atoms with Crippen molar-refractivity contribution < 1.29 is 14.6 Å². The van der Waals surface area contributed by atoms with Gasteiger partial charge in [0.2, 0.25) is 5.91 Å². The number of aliphatic hydroxyl groups is 1. The molecule has 0 fully saturated rings. The molecular formula is C17H25NO3. The quantitative estimate of drug-likeness (QED) is 0.820. The zero-order valence-corrected chi connectivity index (χ0v) is 13.5. The molecule has 1 amide bonds. The number of benzene rings is 1. The lowest BCUT2D eigenvalue weighted by Gasteiger charge is -2.28. The Morgan fingerprint density at radius 2 is 1.86 bits per heavy atom. The maximum atomic E-state index is 12.5. The lowest BCUT2D eigenvalue weighted by atomic mass is 10.0. The topological polar surface area (TPSA) is 49.8 Å². The average Bonchev–Trinajstić information content (AvgIpc) is 2.53. The molecule has 0 spiro atoms. The third kappa shape index (κ3) is 4.08. The van der Waals surface area contributed by atoms with Gasteiger partial charge in [-0.1, -0.05) is 24.6 Å². The van der Waals surface area contributed by atoms with Gasteiger partial charge in [-0.25, -0.2) is 0 Å². The second-order valence-electron chi connectivity index (χ2n) is 5.15. The number of ether oxygens (including phenoxy) is 1. The van der Waals surface area contributed by atoms with Gasteiger partial charge in [0.25, 0.3) is 0 Å². The molecule has 0 aliphatic carbocycles. The molecule has 0 saturated carbocycles. The van der Waals surface area contributed by atoms with Crippen molar-refractivity contribution in [2.45, 2.75) is 33.2 Å². The number of hydrogen-bond donors (Lipinski definition) is 1. The van der Waals surface area contributed by atoms with Gasteiger partial charge in [0, 0.05) is 12.6 Å². The van der Waals surface area contributed by atoms with E-state index in [-0.39, 0.29) is 18.6 Å². The molecule has 1 atom stereocenters. The van der Waals surface area contributed by atoms with Gasteiger partial charge < -0.3 is 14.7 Å². The minimum Gasteiger partial charge on any atom is -0.497 e. The van der Waals surface area contributed by atoms with E-state index in [9.17, 15) is 9.90 Å². The Hall–Kier alpha value is -1.81. The molecule has 1 unspecified atom stereocenters. The lowest BCUT2D eigenvalue weighted by Crippen LogP contribution is -2.34. The zero-order valence-electron chi connectivity index (χ0n) is 13.5. The van der Waals surface area contributed by atoms with Gasteiger partial charge in [-0.3, -0.25) is 4.79 Å². The Bertz CT molecular complexity index is 505. The van der Waals surface area contributed by atoms with Gasteiger partial charge >= 0.3 is 0 Å². The molecule has 0 aromatic heterocycles. The van der Waals surface area contributed by atoms with E-state index in [1.807, 2.05) is 45.0 Å². The molecule has 0 saturated heterocycles. The number of likely N-dealkylation sites (N-methyl/N-ethyl adjacent to an activating group) is 1. The predicted octanol–water partition coefficient (Wildman–Crippen LogP) is 2.93. The van der Waals surface area contributed by atoms with E-state index >= 15 is 0 Å². The van der Waals surface area contributed by atoms with Gasteiger partial charge in [-0.2, -0.15) is 0 Å². The summed E-state index contributed by atoms with van der Waals surface area (Å²) in [4.78, 5) is 14.1. The van der Waals surface area contributed by atoms with Crippen molar-refractivity contribution in [2.24, 2.45) is 0 Å². The zero-order chi connectivity index (χ0) is 16.0. The minimum atomic E-state index is -0.358. The number of methoxy groups -OCH3 is 1. The van der Waals surface area contributed by atoms with Crippen molar-refractivity contribution in [2.75, 3.05) is 20.8 Å². The Kier molecular flexibility index (Phi) is 6.43. The highest BCUT2D eigenvalue weighted by atomic mass is 16.5. The van der Waals surface area contributed by atoms with Crippen molar-refractivity contribution in [1.29, 1.82) is 0 Å². The van der Waals surface area contributed by atoms with Crippen LogP contribution in [-0.2, 0) is 4.79 Å². The van der Waals surface area contributed by atoms with Gasteiger partial charge in [0.05, 0.1) is 19.8 Å². The summed E-state index contributed by atoms with van der Waals surface area (Å²) in [6.07, 6.45) is 0.845. The highest BCUT2D eigenvalue weighted by Crippen LogP contribution is 2.24. The normalized spacial score (nSPS) is 13.4. The molecule has 1 rings (SSSR count). The fourth-order valence-corrected chi connectivity index (χ4v) is 2.13. The van der Waals surface area contributed by atoms with Crippen LogP contribution in [0.3, 0.4) is 0 Å². The van der Waals surface area contributed by atoms with Gasteiger partial charge in [0.15, 0.2) is 0 Å². The van der Waals surface area contributed by atoms with Crippen LogP contribution in [0.1, 0.15) is 38.8 Å². The largest absolute Gasteiger partial charge is 0.497 e. The van der Waals surface area contributed by atoms with Crippen LogP contribution in [0.4, 0.5) is 0 Å². The number of carbonyl (C=O) groups excluding carboxylic acids is 1. The molecule has 0 aliphatic heterocycles. The van der Waals surface area contributed by atoms with Crippen LogP contribution in [0.15, 0.2) is 35.4 Å². The number of rotatable bonds is 6. The Balaban J connectivity index is 3.00. The number of amides is 1. The first-order chi connectivity index (χ1) is 9.96. The standard InChI is InChI=1S/C17H25NO3/c1-6-12(2)13(3)17(20)18(4)16(11-19)14-7-9-15(21-5)10-8-14/h7-10,16,19H,6,11H2,1-5H3/b13-12-. The van der Waals surface area contributed by atoms with Crippen molar-refractivity contribution in [3.05, 3.63) is 41.0 Å². The smallest absolute Gasteiger partial charge is 0.249 e. The molecule has 4 heteroatoms.